The number of hydrogen-bond acceptors (Lipinski definition) is 4. The summed E-state index contributed by atoms with van der Waals surface area (Å²) >= 11 is 0. The van der Waals surface area contributed by atoms with E-state index in [1.54, 1.807) is 6.26 Å². The molecule has 0 radical (unpaired) electrons. The summed E-state index contributed by atoms with van der Waals surface area (Å²) in [5.74, 6) is 1.06. The summed E-state index contributed by atoms with van der Waals surface area (Å²) in [6, 6.07) is 11.6. The van der Waals surface area contributed by atoms with E-state index in [9.17, 15) is 4.79 Å². The molecule has 4 rings (SSSR count). The van der Waals surface area contributed by atoms with Crippen LogP contribution in [0.15, 0.2) is 58.9 Å². The number of para-hydroxylation sites is 2. The summed E-state index contributed by atoms with van der Waals surface area (Å²) in [5.41, 5.74) is 2.96. The van der Waals surface area contributed by atoms with Crippen LogP contribution in [0.2, 0.25) is 0 Å². The molecule has 0 fully saturated rings. The Morgan fingerprint density at radius 3 is 2.73 bits per heavy atom. The molecule has 2 aromatic rings. The van der Waals surface area contributed by atoms with Crippen LogP contribution in [0.3, 0.4) is 0 Å². The van der Waals surface area contributed by atoms with Gasteiger partial charge in [0, 0.05) is 12.1 Å². The lowest BCUT2D eigenvalue weighted by atomic mass is 9.80. The van der Waals surface area contributed by atoms with Crippen LogP contribution in [0.4, 0.5) is 11.4 Å². The first-order valence-electron chi connectivity index (χ1n) is 7.63. The van der Waals surface area contributed by atoms with Crippen molar-refractivity contribution >= 4 is 17.2 Å². The van der Waals surface area contributed by atoms with Gasteiger partial charge in [-0.05, 0) is 30.2 Å². The predicted octanol–water partition coefficient (Wildman–Crippen LogP) is 3.97. The number of carbonyl (C=O) groups excluding carboxylic acids is 1. The first-order valence-corrected chi connectivity index (χ1v) is 7.63. The maximum Gasteiger partial charge on any atom is 0.144 e. The summed E-state index contributed by atoms with van der Waals surface area (Å²) < 4.78 is 5.60. The van der Waals surface area contributed by atoms with Gasteiger partial charge in [-0.25, -0.2) is 0 Å². The second kappa shape index (κ2) is 5.05. The highest BCUT2D eigenvalue weighted by Crippen LogP contribution is 2.42. The first-order chi connectivity index (χ1) is 10.7. The first kappa shape index (κ1) is 13.2. The second-order valence-electron chi connectivity index (χ2n) is 6.06. The normalized spacial score (nSPS) is 26.9. The third-order valence-electron chi connectivity index (χ3n) is 4.37. The number of carbonyl (C=O) groups is 1. The SMILES string of the molecule is C[C@H]1C=C2Nc3ccccc3N[C@H](c3ccco3)[C@H]2C(=O)C1. The summed E-state index contributed by atoms with van der Waals surface area (Å²) in [5, 5.41) is 6.94. The van der Waals surface area contributed by atoms with E-state index in [-0.39, 0.29) is 23.7 Å². The molecule has 0 spiro atoms. The summed E-state index contributed by atoms with van der Waals surface area (Å²) in [7, 11) is 0. The molecule has 22 heavy (non-hydrogen) atoms. The Morgan fingerprint density at radius 2 is 1.95 bits per heavy atom. The van der Waals surface area contributed by atoms with Crippen LogP contribution in [-0.4, -0.2) is 5.78 Å². The van der Waals surface area contributed by atoms with Crippen LogP contribution < -0.4 is 10.6 Å². The molecule has 0 bridgehead atoms. The highest BCUT2D eigenvalue weighted by molar-refractivity contribution is 5.89. The lowest BCUT2D eigenvalue weighted by Crippen LogP contribution is -2.33. The summed E-state index contributed by atoms with van der Waals surface area (Å²) in [6.07, 6.45) is 4.40. The fourth-order valence-electron chi connectivity index (χ4n) is 3.40. The highest BCUT2D eigenvalue weighted by Gasteiger charge is 2.39. The average molecular weight is 294 g/mol. The number of anilines is 2. The van der Waals surface area contributed by atoms with Crippen molar-refractivity contribution < 1.29 is 9.21 Å². The zero-order valence-corrected chi connectivity index (χ0v) is 12.4. The molecule has 0 amide bonds. The van der Waals surface area contributed by atoms with Gasteiger partial charge >= 0.3 is 0 Å². The Labute approximate surface area is 129 Å². The lowest BCUT2D eigenvalue weighted by Gasteiger charge is -2.30. The Morgan fingerprint density at radius 1 is 1.14 bits per heavy atom. The molecule has 1 aliphatic carbocycles. The molecule has 0 saturated carbocycles. The number of furan rings is 1. The lowest BCUT2D eigenvalue weighted by molar-refractivity contribution is -0.123. The van der Waals surface area contributed by atoms with Crippen molar-refractivity contribution in [1.29, 1.82) is 0 Å². The number of fused-ring (bicyclic) bond motifs is 2. The minimum absolute atomic E-state index is 0.183. The Hall–Kier alpha value is -2.49. The van der Waals surface area contributed by atoms with Gasteiger partial charge in [0.1, 0.15) is 11.5 Å². The molecule has 4 heteroatoms. The zero-order valence-electron chi connectivity index (χ0n) is 12.4. The Kier molecular flexibility index (Phi) is 3.03. The minimum Gasteiger partial charge on any atom is -0.467 e. The topological polar surface area (TPSA) is 54.3 Å². The molecule has 1 aromatic heterocycles. The highest BCUT2D eigenvalue weighted by atomic mass is 16.3. The molecule has 0 saturated heterocycles. The van der Waals surface area contributed by atoms with Crippen molar-refractivity contribution in [3.63, 3.8) is 0 Å². The van der Waals surface area contributed by atoms with Crippen LogP contribution in [0.1, 0.15) is 25.1 Å². The van der Waals surface area contributed by atoms with E-state index in [0.717, 1.165) is 22.8 Å². The van der Waals surface area contributed by atoms with Crippen molar-refractivity contribution in [2.45, 2.75) is 19.4 Å². The number of rotatable bonds is 1. The molecule has 0 unspecified atom stereocenters. The molecule has 2 aliphatic rings. The molecule has 1 aliphatic heterocycles. The van der Waals surface area contributed by atoms with E-state index >= 15 is 0 Å². The fraction of sp³-hybridized carbons (Fsp3) is 0.278. The van der Waals surface area contributed by atoms with Gasteiger partial charge in [-0.2, -0.15) is 0 Å². The zero-order chi connectivity index (χ0) is 15.1. The van der Waals surface area contributed by atoms with Crippen LogP contribution >= 0.6 is 0 Å². The average Bonchev–Trinajstić information content (AvgIpc) is 2.95. The Balaban J connectivity index is 1.86. The van der Waals surface area contributed by atoms with Crippen LogP contribution in [0.25, 0.3) is 0 Å². The maximum absolute atomic E-state index is 12.7. The quantitative estimate of drug-likeness (QED) is 0.835. The van der Waals surface area contributed by atoms with E-state index in [2.05, 4.69) is 23.6 Å². The molecule has 112 valence electrons. The minimum atomic E-state index is -0.241. The predicted molar refractivity (Wildman–Crippen MR) is 85.5 cm³/mol. The number of allylic oxidation sites excluding steroid dienone is 1. The number of Topliss-reactive ketones (excluding diaryl/α,β-unsaturated/α-hetero) is 1. The van der Waals surface area contributed by atoms with E-state index in [1.807, 2.05) is 36.4 Å². The Bertz CT molecular complexity index is 733. The fourth-order valence-corrected chi connectivity index (χ4v) is 3.40. The van der Waals surface area contributed by atoms with Crippen molar-refractivity contribution in [2.75, 3.05) is 10.6 Å². The molecular formula is C18H18N2O2. The molecule has 3 atom stereocenters. The van der Waals surface area contributed by atoms with Crippen LogP contribution in [0, 0.1) is 11.8 Å². The monoisotopic (exact) mass is 294 g/mol. The van der Waals surface area contributed by atoms with Crippen molar-refractivity contribution in [2.24, 2.45) is 11.8 Å². The van der Waals surface area contributed by atoms with Gasteiger partial charge in [-0.3, -0.25) is 4.79 Å². The molecule has 2 N–H and O–H groups in total. The van der Waals surface area contributed by atoms with E-state index in [0.29, 0.717) is 6.42 Å². The maximum atomic E-state index is 12.7. The van der Waals surface area contributed by atoms with Crippen molar-refractivity contribution in [3.8, 4) is 0 Å². The smallest absolute Gasteiger partial charge is 0.144 e. The molecular weight excluding hydrogens is 276 g/mol. The third-order valence-corrected chi connectivity index (χ3v) is 4.37. The van der Waals surface area contributed by atoms with Crippen molar-refractivity contribution in [1.82, 2.24) is 0 Å². The summed E-state index contributed by atoms with van der Waals surface area (Å²) in [4.78, 5) is 12.7. The number of hydrogen-bond donors (Lipinski definition) is 2. The molecule has 1 aromatic carbocycles. The van der Waals surface area contributed by atoms with Crippen molar-refractivity contribution in [3.05, 3.63) is 60.2 Å². The van der Waals surface area contributed by atoms with E-state index < -0.39 is 0 Å². The molecule has 4 nitrogen and oxygen atoms in total. The standard InChI is InChI=1S/C18H18N2O2/c1-11-9-14-17(15(21)10-11)18(16-7-4-8-22-16)20-13-6-3-2-5-12(13)19-14/h2-9,11,17-20H,10H2,1H3/t11-,17+,18+/m0/s1. The van der Waals surface area contributed by atoms with E-state index in [1.165, 1.54) is 0 Å². The van der Waals surface area contributed by atoms with Gasteiger partial charge in [0.05, 0.1) is 29.6 Å². The van der Waals surface area contributed by atoms with Gasteiger partial charge in [0.25, 0.3) is 0 Å². The number of nitrogens with one attached hydrogen (secondary N) is 2. The van der Waals surface area contributed by atoms with Gasteiger partial charge in [-0.1, -0.05) is 25.1 Å². The van der Waals surface area contributed by atoms with Gasteiger partial charge in [-0.15, -0.1) is 0 Å². The van der Waals surface area contributed by atoms with Gasteiger partial charge in [0.2, 0.25) is 0 Å². The van der Waals surface area contributed by atoms with Gasteiger partial charge in [0.15, 0.2) is 0 Å². The van der Waals surface area contributed by atoms with Crippen LogP contribution in [0.5, 0.6) is 0 Å². The third kappa shape index (κ3) is 2.11. The van der Waals surface area contributed by atoms with E-state index in [4.69, 9.17) is 4.42 Å². The summed E-state index contributed by atoms with van der Waals surface area (Å²) in [6.45, 7) is 2.08. The van der Waals surface area contributed by atoms with Gasteiger partial charge < -0.3 is 15.1 Å². The number of ketones is 1. The molecule has 2 heterocycles. The largest absolute Gasteiger partial charge is 0.467 e. The van der Waals surface area contributed by atoms with Crippen LogP contribution in [-0.2, 0) is 4.79 Å². The second-order valence-corrected chi connectivity index (χ2v) is 6.06. The number of benzene rings is 1.